The van der Waals surface area contributed by atoms with Gasteiger partial charge in [-0.1, -0.05) is 84.9 Å². The van der Waals surface area contributed by atoms with Crippen LogP contribution in [0.4, 0.5) is 0 Å². The summed E-state index contributed by atoms with van der Waals surface area (Å²) in [4.78, 5) is 16.7. The van der Waals surface area contributed by atoms with E-state index >= 15 is 0 Å². The molecular formula is C32H30N8. The number of aromatic amines is 1. The Labute approximate surface area is 232 Å². The molecule has 0 unspecified atom stereocenters. The van der Waals surface area contributed by atoms with Crippen molar-refractivity contribution in [3.8, 4) is 33.8 Å². The maximum atomic E-state index is 4.91. The fraction of sp³-hybridized carbons (Fsp3) is 0.219. The molecule has 3 aromatic carbocycles. The first-order valence-corrected chi connectivity index (χ1v) is 13.8. The SMILES string of the molecule is Cc1nc2nc(-c3ccc(CN4CCC(c5nc(-c6ccccc6)n[nH]5)CC4)cc3)c(-c3ccccc3)cn2n1. The average molecular weight is 527 g/mol. The predicted octanol–water partition coefficient (Wildman–Crippen LogP) is 5.93. The van der Waals surface area contributed by atoms with Gasteiger partial charge in [0.2, 0.25) is 0 Å². The van der Waals surface area contributed by atoms with Crippen LogP contribution in [-0.4, -0.2) is 52.8 Å². The summed E-state index contributed by atoms with van der Waals surface area (Å²) in [6.45, 7) is 4.90. The summed E-state index contributed by atoms with van der Waals surface area (Å²) in [5.41, 5.74) is 6.48. The number of likely N-dealkylation sites (tertiary alicyclic amines) is 1. The molecule has 0 saturated carbocycles. The highest BCUT2D eigenvalue weighted by atomic mass is 15.3. The number of nitrogens with one attached hydrogen (secondary N) is 1. The Morgan fingerprint density at radius 1 is 0.775 bits per heavy atom. The number of H-pyrrole nitrogens is 1. The van der Waals surface area contributed by atoms with Crippen LogP contribution in [0.2, 0.25) is 0 Å². The van der Waals surface area contributed by atoms with Crippen LogP contribution in [0.5, 0.6) is 0 Å². The lowest BCUT2D eigenvalue weighted by molar-refractivity contribution is 0.202. The first-order valence-electron chi connectivity index (χ1n) is 13.8. The van der Waals surface area contributed by atoms with Gasteiger partial charge >= 0.3 is 0 Å². The van der Waals surface area contributed by atoms with Gasteiger partial charge in [-0.3, -0.25) is 10.00 Å². The zero-order valence-corrected chi connectivity index (χ0v) is 22.4. The van der Waals surface area contributed by atoms with Crippen molar-refractivity contribution in [2.45, 2.75) is 32.2 Å². The van der Waals surface area contributed by atoms with E-state index in [1.54, 1.807) is 4.52 Å². The standard InChI is InChI=1S/C32H30N8/c1-22-33-32-34-29(28(21-40(32)38-22)24-8-4-2-5-9-24)25-14-12-23(13-15-25)20-39-18-16-27(17-19-39)31-35-30(36-37-31)26-10-6-3-7-11-26/h2-15,21,27H,16-20H2,1H3,(H,35,36,37). The first kappa shape index (κ1) is 24.4. The molecule has 1 N–H and O–H groups in total. The smallest absolute Gasteiger partial charge is 0.252 e. The number of nitrogens with zero attached hydrogens (tertiary/aromatic N) is 7. The van der Waals surface area contributed by atoms with Gasteiger partial charge < -0.3 is 0 Å². The predicted molar refractivity (Wildman–Crippen MR) is 155 cm³/mol. The zero-order chi connectivity index (χ0) is 26.9. The second-order valence-electron chi connectivity index (χ2n) is 10.4. The highest BCUT2D eigenvalue weighted by molar-refractivity contribution is 5.81. The highest BCUT2D eigenvalue weighted by Gasteiger charge is 2.24. The molecule has 7 rings (SSSR count). The molecule has 8 nitrogen and oxygen atoms in total. The van der Waals surface area contributed by atoms with E-state index in [0.717, 1.165) is 72.1 Å². The van der Waals surface area contributed by atoms with Gasteiger partial charge in [-0.15, -0.1) is 0 Å². The van der Waals surface area contributed by atoms with Gasteiger partial charge in [-0.05, 0) is 44.0 Å². The van der Waals surface area contributed by atoms with E-state index < -0.39 is 0 Å². The third-order valence-electron chi connectivity index (χ3n) is 7.66. The Morgan fingerprint density at radius 3 is 2.20 bits per heavy atom. The molecule has 1 aliphatic rings. The van der Waals surface area contributed by atoms with Gasteiger partial charge in [0.05, 0.1) is 5.69 Å². The lowest BCUT2D eigenvalue weighted by Crippen LogP contribution is -2.32. The second-order valence-corrected chi connectivity index (χ2v) is 10.4. The van der Waals surface area contributed by atoms with Crippen LogP contribution in [0.3, 0.4) is 0 Å². The molecule has 0 radical (unpaired) electrons. The molecule has 3 aromatic heterocycles. The molecule has 0 atom stereocenters. The van der Waals surface area contributed by atoms with E-state index in [1.165, 1.54) is 5.56 Å². The fourth-order valence-corrected chi connectivity index (χ4v) is 5.54. The summed E-state index contributed by atoms with van der Waals surface area (Å²) in [6.07, 6.45) is 4.18. The molecule has 1 saturated heterocycles. The lowest BCUT2D eigenvalue weighted by Gasteiger charge is -2.31. The summed E-state index contributed by atoms with van der Waals surface area (Å²) in [5, 5.41) is 12.1. The molecule has 198 valence electrons. The van der Waals surface area contributed by atoms with Crippen molar-refractivity contribution in [2.75, 3.05) is 13.1 Å². The molecule has 0 bridgehead atoms. The Kier molecular flexibility index (Phi) is 6.37. The summed E-state index contributed by atoms with van der Waals surface area (Å²) < 4.78 is 1.76. The normalized spacial score (nSPS) is 14.6. The van der Waals surface area contributed by atoms with Crippen molar-refractivity contribution in [1.82, 2.24) is 39.7 Å². The maximum absolute atomic E-state index is 4.91. The number of rotatable bonds is 6. The maximum Gasteiger partial charge on any atom is 0.252 e. The number of benzene rings is 3. The van der Waals surface area contributed by atoms with Crippen molar-refractivity contribution >= 4 is 5.78 Å². The van der Waals surface area contributed by atoms with Crippen molar-refractivity contribution in [3.63, 3.8) is 0 Å². The number of piperidine rings is 1. The molecule has 4 heterocycles. The van der Waals surface area contributed by atoms with Gasteiger partial charge in [0, 0.05) is 35.3 Å². The Balaban J connectivity index is 1.05. The van der Waals surface area contributed by atoms with Crippen LogP contribution in [0.1, 0.15) is 36.0 Å². The van der Waals surface area contributed by atoms with E-state index in [4.69, 9.17) is 9.97 Å². The van der Waals surface area contributed by atoms with Gasteiger partial charge in [0.1, 0.15) is 11.6 Å². The van der Waals surface area contributed by atoms with E-state index in [0.29, 0.717) is 17.5 Å². The van der Waals surface area contributed by atoms with Crippen molar-refractivity contribution < 1.29 is 0 Å². The number of hydrogen-bond donors (Lipinski definition) is 1. The molecule has 0 aliphatic carbocycles. The zero-order valence-electron chi connectivity index (χ0n) is 22.4. The van der Waals surface area contributed by atoms with Gasteiger partial charge in [-0.25, -0.2) is 14.5 Å². The molecule has 8 heteroatoms. The number of aryl methyl sites for hydroxylation is 1. The molecule has 0 amide bonds. The molecule has 1 aliphatic heterocycles. The van der Waals surface area contributed by atoms with Crippen LogP contribution >= 0.6 is 0 Å². The number of aromatic nitrogens is 7. The summed E-state index contributed by atoms with van der Waals surface area (Å²) in [5.74, 6) is 3.53. The first-order chi connectivity index (χ1) is 19.7. The van der Waals surface area contributed by atoms with E-state index in [9.17, 15) is 0 Å². The topological polar surface area (TPSA) is 87.9 Å². The monoisotopic (exact) mass is 526 g/mol. The Hall–Kier alpha value is -4.69. The quantitative estimate of drug-likeness (QED) is 0.289. The second kappa shape index (κ2) is 10.5. The average Bonchev–Trinajstić information content (AvgIpc) is 3.64. The molecule has 0 spiro atoms. The number of fused-ring (bicyclic) bond motifs is 1. The summed E-state index contributed by atoms with van der Waals surface area (Å²) in [7, 11) is 0. The molecule has 6 aromatic rings. The minimum absolute atomic E-state index is 0.418. The minimum atomic E-state index is 0.418. The lowest BCUT2D eigenvalue weighted by atomic mass is 9.95. The third kappa shape index (κ3) is 4.89. The summed E-state index contributed by atoms with van der Waals surface area (Å²) >= 11 is 0. The van der Waals surface area contributed by atoms with Crippen LogP contribution in [0.25, 0.3) is 39.5 Å². The van der Waals surface area contributed by atoms with Crippen molar-refractivity contribution in [1.29, 1.82) is 0 Å². The Bertz CT molecular complexity index is 1730. The third-order valence-corrected chi connectivity index (χ3v) is 7.66. The molecular weight excluding hydrogens is 496 g/mol. The van der Waals surface area contributed by atoms with Gasteiger partial charge in [0.15, 0.2) is 5.82 Å². The van der Waals surface area contributed by atoms with Gasteiger partial charge in [0.25, 0.3) is 5.78 Å². The van der Waals surface area contributed by atoms with Crippen LogP contribution in [-0.2, 0) is 6.54 Å². The van der Waals surface area contributed by atoms with E-state index in [1.807, 2.05) is 61.7 Å². The van der Waals surface area contributed by atoms with E-state index in [-0.39, 0.29) is 0 Å². The highest BCUT2D eigenvalue weighted by Crippen LogP contribution is 2.32. The van der Waals surface area contributed by atoms with Crippen LogP contribution in [0, 0.1) is 6.92 Å². The van der Waals surface area contributed by atoms with Crippen molar-refractivity contribution in [2.24, 2.45) is 0 Å². The minimum Gasteiger partial charge on any atom is -0.299 e. The molecule has 40 heavy (non-hydrogen) atoms. The molecule has 1 fully saturated rings. The van der Waals surface area contributed by atoms with Crippen LogP contribution in [0.15, 0.2) is 91.1 Å². The largest absolute Gasteiger partial charge is 0.299 e. The summed E-state index contributed by atoms with van der Waals surface area (Å²) in [6, 6.07) is 29.3. The van der Waals surface area contributed by atoms with E-state index in [2.05, 4.69) is 61.6 Å². The van der Waals surface area contributed by atoms with Crippen molar-refractivity contribution in [3.05, 3.63) is 108 Å². The Morgan fingerprint density at radius 2 is 1.48 bits per heavy atom. The fourth-order valence-electron chi connectivity index (χ4n) is 5.54. The van der Waals surface area contributed by atoms with Crippen LogP contribution < -0.4 is 0 Å². The number of hydrogen-bond acceptors (Lipinski definition) is 6. The van der Waals surface area contributed by atoms with Gasteiger partial charge in [-0.2, -0.15) is 15.2 Å².